The van der Waals surface area contributed by atoms with Gasteiger partial charge in [0.25, 0.3) is 0 Å². The van der Waals surface area contributed by atoms with E-state index in [4.69, 9.17) is 4.74 Å². The fourth-order valence-electron chi connectivity index (χ4n) is 2.46. The number of hydrogen-bond acceptors (Lipinski definition) is 4. The van der Waals surface area contributed by atoms with Crippen molar-refractivity contribution in [2.45, 2.75) is 19.4 Å². The Hall–Kier alpha value is -1.59. The molecule has 1 aromatic carbocycles. The van der Waals surface area contributed by atoms with E-state index in [9.17, 15) is 4.79 Å². The van der Waals surface area contributed by atoms with Crippen LogP contribution >= 0.6 is 0 Å². The van der Waals surface area contributed by atoms with Crippen LogP contribution in [0.5, 0.6) is 5.75 Å². The van der Waals surface area contributed by atoms with Gasteiger partial charge in [-0.2, -0.15) is 0 Å². The molecule has 22 heavy (non-hydrogen) atoms. The average molecular weight is 305 g/mol. The minimum absolute atomic E-state index is 0.113. The molecule has 1 amide bonds. The molecule has 1 atom stereocenters. The number of likely N-dealkylation sites (N-methyl/N-ethyl adjacent to an activating group) is 1. The van der Waals surface area contributed by atoms with Crippen LogP contribution in [0.2, 0.25) is 0 Å². The highest BCUT2D eigenvalue weighted by Gasteiger charge is 2.20. The van der Waals surface area contributed by atoms with E-state index in [0.29, 0.717) is 13.2 Å². The van der Waals surface area contributed by atoms with E-state index in [1.165, 1.54) is 0 Å². The Bertz CT molecular complexity index is 453. The number of amides is 1. The number of rotatable bonds is 7. The van der Waals surface area contributed by atoms with E-state index < -0.39 is 0 Å². The first-order valence-electron chi connectivity index (χ1n) is 8.00. The standard InChI is InChI=1S/C17H27N3O2/c1-20(2)10-11-22-16-7-5-14(6-8-16)12-19-17(21)15-4-3-9-18-13-15/h5-8,15,18H,3-4,9-13H2,1-2H3,(H,19,21). The minimum Gasteiger partial charge on any atom is -0.492 e. The summed E-state index contributed by atoms with van der Waals surface area (Å²) in [5, 5.41) is 6.29. The number of benzene rings is 1. The molecule has 0 bridgehead atoms. The summed E-state index contributed by atoms with van der Waals surface area (Å²) in [5.74, 6) is 1.13. The Morgan fingerprint density at radius 1 is 1.36 bits per heavy atom. The van der Waals surface area contributed by atoms with Crippen LogP contribution in [0.3, 0.4) is 0 Å². The molecular weight excluding hydrogens is 278 g/mol. The molecule has 0 aromatic heterocycles. The van der Waals surface area contributed by atoms with E-state index in [-0.39, 0.29) is 11.8 Å². The first-order valence-corrected chi connectivity index (χ1v) is 8.00. The van der Waals surface area contributed by atoms with Gasteiger partial charge in [-0.15, -0.1) is 0 Å². The van der Waals surface area contributed by atoms with Crippen molar-refractivity contribution in [1.29, 1.82) is 0 Å². The second-order valence-corrected chi connectivity index (χ2v) is 6.06. The highest BCUT2D eigenvalue weighted by Crippen LogP contribution is 2.13. The zero-order valence-electron chi connectivity index (χ0n) is 13.6. The predicted octanol–water partition coefficient (Wildman–Crippen LogP) is 1.24. The topological polar surface area (TPSA) is 53.6 Å². The fraction of sp³-hybridized carbons (Fsp3) is 0.588. The third-order valence-electron chi connectivity index (χ3n) is 3.86. The highest BCUT2D eigenvalue weighted by atomic mass is 16.5. The maximum Gasteiger partial charge on any atom is 0.224 e. The summed E-state index contributed by atoms with van der Waals surface area (Å²) in [6.45, 7) is 3.97. The Kier molecular flexibility index (Phi) is 6.68. The lowest BCUT2D eigenvalue weighted by molar-refractivity contribution is -0.125. The van der Waals surface area contributed by atoms with Crippen molar-refractivity contribution in [3.63, 3.8) is 0 Å². The zero-order valence-corrected chi connectivity index (χ0v) is 13.6. The average Bonchev–Trinajstić information content (AvgIpc) is 2.54. The van der Waals surface area contributed by atoms with Crippen LogP contribution in [0.15, 0.2) is 24.3 Å². The Morgan fingerprint density at radius 3 is 2.77 bits per heavy atom. The Labute approximate surface area is 133 Å². The SMILES string of the molecule is CN(C)CCOc1ccc(CNC(=O)C2CCCNC2)cc1. The normalized spacial score (nSPS) is 18.2. The van der Waals surface area contributed by atoms with Crippen molar-refractivity contribution < 1.29 is 9.53 Å². The molecule has 1 heterocycles. The summed E-state index contributed by atoms with van der Waals surface area (Å²) in [4.78, 5) is 14.2. The van der Waals surface area contributed by atoms with E-state index >= 15 is 0 Å². The molecule has 0 aliphatic carbocycles. The van der Waals surface area contributed by atoms with Gasteiger partial charge in [0.2, 0.25) is 5.91 Å². The maximum atomic E-state index is 12.1. The van der Waals surface area contributed by atoms with Crippen LogP contribution in [0, 0.1) is 5.92 Å². The van der Waals surface area contributed by atoms with E-state index in [1.807, 2.05) is 38.4 Å². The van der Waals surface area contributed by atoms with Crippen molar-refractivity contribution in [2.75, 3.05) is 40.3 Å². The van der Waals surface area contributed by atoms with Crippen molar-refractivity contribution in [2.24, 2.45) is 5.92 Å². The molecule has 5 heteroatoms. The third kappa shape index (κ3) is 5.66. The van der Waals surface area contributed by atoms with E-state index in [0.717, 1.165) is 43.8 Å². The first kappa shape index (κ1) is 16.8. The van der Waals surface area contributed by atoms with Gasteiger partial charge in [0.05, 0.1) is 5.92 Å². The second kappa shape index (κ2) is 8.76. The molecule has 0 saturated carbocycles. The van der Waals surface area contributed by atoms with E-state index in [2.05, 4.69) is 15.5 Å². The molecular formula is C17H27N3O2. The van der Waals surface area contributed by atoms with Crippen LogP contribution in [0.4, 0.5) is 0 Å². The van der Waals surface area contributed by atoms with Crippen molar-refractivity contribution in [1.82, 2.24) is 15.5 Å². The predicted molar refractivity (Wildman–Crippen MR) is 87.9 cm³/mol. The van der Waals surface area contributed by atoms with Gasteiger partial charge in [-0.1, -0.05) is 12.1 Å². The Balaban J connectivity index is 1.72. The molecule has 1 aromatic rings. The third-order valence-corrected chi connectivity index (χ3v) is 3.86. The molecule has 1 saturated heterocycles. The molecule has 2 N–H and O–H groups in total. The molecule has 5 nitrogen and oxygen atoms in total. The Morgan fingerprint density at radius 2 is 2.14 bits per heavy atom. The maximum absolute atomic E-state index is 12.1. The second-order valence-electron chi connectivity index (χ2n) is 6.06. The number of carbonyl (C=O) groups is 1. The summed E-state index contributed by atoms with van der Waals surface area (Å²) in [6, 6.07) is 7.92. The first-order chi connectivity index (χ1) is 10.6. The van der Waals surface area contributed by atoms with Crippen molar-refractivity contribution in [3.05, 3.63) is 29.8 Å². The van der Waals surface area contributed by atoms with Gasteiger partial charge in [-0.25, -0.2) is 0 Å². The summed E-state index contributed by atoms with van der Waals surface area (Å²) in [5.41, 5.74) is 1.09. The molecule has 2 rings (SSSR count). The lowest BCUT2D eigenvalue weighted by atomic mass is 9.99. The van der Waals surface area contributed by atoms with Crippen LogP contribution in [0.1, 0.15) is 18.4 Å². The molecule has 0 radical (unpaired) electrons. The highest BCUT2D eigenvalue weighted by molar-refractivity contribution is 5.78. The molecule has 1 fully saturated rings. The van der Waals surface area contributed by atoms with Crippen LogP contribution in [-0.2, 0) is 11.3 Å². The monoisotopic (exact) mass is 305 g/mol. The van der Waals surface area contributed by atoms with Gasteiger partial charge in [-0.05, 0) is 51.2 Å². The van der Waals surface area contributed by atoms with Crippen LogP contribution < -0.4 is 15.4 Å². The largest absolute Gasteiger partial charge is 0.492 e. The number of nitrogens with zero attached hydrogens (tertiary/aromatic N) is 1. The summed E-state index contributed by atoms with van der Waals surface area (Å²) in [7, 11) is 4.05. The van der Waals surface area contributed by atoms with Crippen LogP contribution in [-0.4, -0.2) is 51.1 Å². The summed E-state index contributed by atoms with van der Waals surface area (Å²) < 4.78 is 5.66. The van der Waals surface area contributed by atoms with Crippen molar-refractivity contribution >= 4 is 5.91 Å². The van der Waals surface area contributed by atoms with Gasteiger partial charge < -0.3 is 20.3 Å². The molecule has 1 aliphatic heterocycles. The van der Waals surface area contributed by atoms with E-state index in [1.54, 1.807) is 0 Å². The fourth-order valence-corrected chi connectivity index (χ4v) is 2.46. The van der Waals surface area contributed by atoms with Crippen molar-refractivity contribution in [3.8, 4) is 5.75 Å². The minimum atomic E-state index is 0.113. The molecule has 122 valence electrons. The lowest BCUT2D eigenvalue weighted by Gasteiger charge is -2.21. The number of nitrogens with one attached hydrogen (secondary N) is 2. The summed E-state index contributed by atoms with van der Waals surface area (Å²) >= 11 is 0. The van der Waals surface area contributed by atoms with Crippen LogP contribution in [0.25, 0.3) is 0 Å². The summed E-state index contributed by atoms with van der Waals surface area (Å²) in [6.07, 6.45) is 2.06. The number of ether oxygens (including phenoxy) is 1. The number of carbonyl (C=O) groups excluding carboxylic acids is 1. The van der Waals surface area contributed by atoms with Gasteiger partial charge in [0, 0.05) is 19.6 Å². The van der Waals surface area contributed by atoms with Gasteiger partial charge in [0.1, 0.15) is 12.4 Å². The molecule has 1 unspecified atom stereocenters. The molecule has 0 spiro atoms. The lowest BCUT2D eigenvalue weighted by Crippen LogP contribution is -2.40. The quantitative estimate of drug-likeness (QED) is 0.796. The van der Waals surface area contributed by atoms with Gasteiger partial charge in [0.15, 0.2) is 0 Å². The smallest absolute Gasteiger partial charge is 0.224 e. The zero-order chi connectivity index (χ0) is 15.8. The number of hydrogen-bond donors (Lipinski definition) is 2. The van der Waals surface area contributed by atoms with Gasteiger partial charge in [-0.3, -0.25) is 4.79 Å². The number of piperidine rings is 1. The molecule has 1 aliphatic rings. The van der Waals surface area contributed by atoms with Gasteiger partial charge >= 0.3 is 0 Å².